The smallest absolute Gasteiger partial charge is 0.323 e. The summed E-state index contributed by atoms with van der Waals surface area (Å²) in [5, 5.41) is 0. The predicted octanol–water partition coefficient (Wildman–Crippen LogP) is -0.565. The molecular weight excluding hydrogens is 197 g/mol. The van der Waals surface area contributed by atoms with Crippen LogP contribution in [0.25, 0.3) is 0 Å². The van der Waals surface area contributed by atoms with E-state index in [1.54, 1.807) is 0 Å². The number of hydrogen-bond acceptors (Lipinski definition) is 3. The standard InChI is InChI=1S/C6H8NO5P/c1-4(13(10,11)12)7-5(8)2-3-6(7)9/h2-4H,1H3,(H2,10,11,12). The summed E-state index contributed by atoms with van der Waals surface area (Å²) in [6, 6.07) is 0. The van der Waals surface area contributed by atoms with Gasteiger partial charge in [-0.3, -0.25) is 19.1 Å². The summed E-state index contributed by atoms with van der Waals surface area (Å²) in [5.41, 5.74) is 0. The molecule has 2 N–H and O–H groups in total. The molecule has 1 heterocycles. The van der Waals surface area contributed by atoms with Gasteiger partial charge in [-0.05, 0) is 6.92 Å². The van der Waals surface area contributed by atoms with Gasteiger partial charge in [0.25, 0.3) is 11.8 Å². The summed E-state index contributed by atoms with van der Waals surface area (Å²) in [5.74, 6) is -2.79. The normalized spacial score (nSPS) is 19.8. The van der Waals surface area contributed by atoms with E-state index in [1.807, 2.05) is 0 Å². The lowest BCUT2D eigenvalue weighted by Crippen LogP contribution is -2.37. The largest absolute Gasteiger partial charge is 0.348 e. The Morgan fingerprint density at radius 3 is 2.00 bits per heavy atom. The van der Waals surface area contributed by atoms with E-state index in [9.17, 15) is 14.2 Å². The lowest BCUT2D eigenvalue weighted by Gasteiger charge is -2.22. The predicted molar refractivity (Wildman–Crippen MR) is 42.5 cm³/mol. The van der Waals surface area contributed by atoms with E-state index >= 15 is 0 Å². The molecule has 1 atom stereocenters. The molecule has 0 aliphatic carbocycles. The molecule has 0 aromatic carbocycles. The van der Waals surface area contributed by atoms with Crippen molar-refractivity contribution < 1.29 is 23.9 Å². The molecule has 72 valence electrons. The Morgan fingerprint density at radius 1 is 1.31 bits per heavy atom. The van der Waals surface area contributed by atoms with Gasteiger partial charge in [-0.25, -0.2) is 0 Å². The van der Waals surface area contributed by atoms with Crippen LogP contribution in [0.3, 0.4) is 0 Å². The minimum Gasteiger partial charge on any atom is -0.323 e. The topological polar surface area (TPSA) is 94.9 Å². The van der Waals surface area contributed by atoms with Crippen LogP contribution >= 0.6 is 7.60 Å². The van der Waals surface area contributed by atoms with Gasteiger partial charge in [0, 0.05) is 12.2 Å². The number of amides is 2. The van der Waals surface area contributed by atoms with Crippen molar-refractivity contribution in [3.05, 3.63) is 12.2 Å². The van der Waals surface area contributed by atoms with Gasteiger partial charge in [0.1, 0.15) is 5.78 Å². The average molecular weight is 205 g/mol. The molecule has 0 aromatic rings. The minimum absolute atomic E-state index is 0.542. The van der Waals surface area contributed by atoms with Crippen molar-refractivity contribution in [2.24, 2.45) is 0 Å². The number of carbonyl (C=O) groups excluding carboxylic acids is 2. The molecule has 0 aromatic heterocycles. The summed E-state index contributed by atoms with van der Waals surface area (Å²) in [6.45, 7) is 1.13. The molecule has 1 unspecified atom stereocenters. The zero-order valence-electron chi connectivity index (χ0n) is 6.75. The van der Waals surface area contributed by atoms with Crippen LogP contribution < -0.4 is 0 Å². The first-order chi connectivity index (χ1) is 5.84. The second-order valence-electron chi connectivity index (χ2n) is 2.60. The van der Waals surface area contributed by atoms with E-state index < -0.39 is 25.2 Å². The molecule has 1 rings (SSSR count). The van der Waals surface area contributed by atoms with Crippen LogP contribution in [0.4, 0.5) is 0 Å². The van der Waals surface area contributed by atoms with Gasteiger partial charge in [0.15, 0.2) is 0 Å². The van der Waals surface area contributed by atoms with Gasteiger partial charge < -0.3 is 9.79 Å². The fraction of sp³-hybridized carbons (Fsp3) is 0.333. The van der Waals surface area contributed by atoms with Crippen LogP contribution in [-0.4, -0.2) is 32.3 Å². The average Bonchev–Trinajstić information content (AvgIpc) is 2.28. The van der Waals surface area contributed by atoms with Crippen molar-refractivity contribution in [1.29, 1.82) is 0 Å². The molecule has 0 saturated carbocycles. The number of carbonyl (C=O) groups is 2. The second-order valence-corrected chi connectivity index (χ2v) is 4.53. The summed E-state index contributed by atoms with van der Waals surface area (Å²) in [6.07, 6.45) is 1.96. The highest BCUT2D eigenvalue weighted by Gasteiger charge is 2.38. The summed E-state index contributed by atoms with van der Waals surface area (Å²) < 4.78 is 10.7. The van der Waals surface area contributed by atoms with Crippen LogP contribution in [0.5, 0.6) is 0 Å². The van der Waals surface area contributed by atoms with Crippen LogP contribution in [-0.2, 0) is 14.2 Å². The van der Waals surface area contributed by atoms with Gasteiger partial charge in [0.05, 0.1) is 0 Å². The quantitative estimate of drug-likeness (QED) is 0.465. The fourth-order valence-electron chi connectivity index (χ4n) is 0.930. The zero-order chi connectivity index (χ0) is 10.2. The highest BCUT2D eigenvalue weighted by molar-refractivity contribution is 7.52. The van der Waals surface area contributed by atoms with Gasteiger partial charge in [-0.1, -0.05) is 0 Å². The second kappa shape index (κ2) is 3.06. The number of hydrogen-bond donors (Lipinski definition) is 2. The van der Waals surface area contributed by atoms with E-state index in [4.69, 9.17) is 9.79 Å². The Kier molecular flexibility index (Phi) is 2.38. The molecule has 0 spiro atoms. The van der Waals surface area contributed by atoms with Crippen LogP contribution in [0.1, 0.15) is 6.92 Å². The molecule has 0 fully saturated rings. The molecule has 6 nitrogen and oxygen atoms in total. The van der Waals surface area contributed by atoms with Gasteiger partial charge >= 0.3 is 7.60 Å². The molecule has 0 radical (unpaired) electrons. The molecule has 0 bridgehead atoms. The van der Waals surface area contributed by atoms with Crippen molar-refractivity contribution in [3.63, 3.8) is 0 Å². The first kappa shape index (κ1) is 10.1. The molecule has 7 heteroatoms. The first-order valence-corrected chi connectivity index (χ1v) is 5.12. The maximum Gasteiger partial charge on any atom is 0.348 e. The Bertz CT molecular complexity index is 312. The molecular formula is C6H8NO5P. The maximum absolute atomic E-state index is 10.9. The van der Waals surface area contributed by atoms with Crippen LogP contribution in [0.15, 0.2) is 12.2 Å². The van der Waals surface area contributed by atoms with E-state index in [-0.39, 0.29) is 0 Å². The third-order valence-electron chi connectivity index (χ3n) is 1.70. The van der Waals surface area contributed by atoms with E-state index in [1.165, 1.54) is 0 Å². The monoisotopic (exact) mass is 205 g/mol. The third kappa shape index (κ3) is 1.85. The van der Waals surface area contributed by atoms with E-state index in [2.05, 4.69) is 0 Å². The lowest BCUT2D eigenvalue weighted by molar-refractivity contribution is -0.137. The Morgan fingerprint density at radius 2 is 1.69 bits per heavy atom. The van der Waals surface area contributed by atoms with Crippen LogP contribution in [0, 0.1) is 0 Å². The fourth-order valence-corrected chi connectivity index (χ4v) is 1.46. The van der Waals surface area contributed by atoms with Gasteiger partial charge in [0.2, 0.25) is 0 Å². The van der Waals surface area contributed by atoms with Gasteiger partial charge in [-0.2, -0.15) is 0 Å². The highest BCUT2D eigenvalue weighted by Crippen LogP contribution is 2.43. The SMILES string of the molecule is CC(N1C(=O)C=CC1=O)P(=O)(O)O. The first-order valence-electron chi connectivity index (χ1n) is 3.44. The van der Waals surface area contributed by atoms with Crippen molar-refractivity contribution in [3.8, 4) is 0 Å². The molecule has 13 heavy (non-hydrogen) atoms. The number of imide groups is 1. The minimum atomic E-state index is -4.44. The Labute approximate surface area is 74.0 Å². The van der Waals surface area contributed by atoms with E-state index in [0.29, 0.717) is 4.90 Å². The molecule has 2 amide bonds. The maximum atomic E-state index is 10.9. The van der Waals surface area contributed by atoms with Gasteiger partial charge in [-0.15, -0.1) is 0 Å². The summed E-state index contributed by atoms with van der Waals surface area (Å²) in [7, 11) is -4.44. The molecule has 0 saturated heterocycles. The number of nitrogens with zero attached hydrogens (tertiary/aromatic N) is 1. The zero-order valence-corrected chi connectivity index (χ0v) is 7.64. The van der Waals surface area contributed by atoms with E-state index in [0.717, 1.165) is 19.1 Å². The van der Waals surface area contributed by atoms with Crippen molar-refractivity contribution in [1.82, 2.24) is 4.90 Å². The molecule has 1 aliphatic rings. The summed E-state index contributed by atoms with van der Waals surface area (Å²) >= 11 is 0. The van der Waals surface area contributed by atoms with Crippen LogP contribution in [0.2, 0.25) is 0 Å². The van der Waals surface area contributed by atoms with Crippen molar-refractivity contribution >= 4 is 19.4 Å². The third-order valence-corrected chi connectivity index (χ3v) is 2.91. The van der Waals surface area contributed by atoms with Crippen molar-refractivity contribution in [2.75, 3.05) is 0 Å². The number of rotatable bonds is 2. The Hall–Kier alpha value is -0.970. The summed E-state index contributed by atoms with van der Waals surface area (Å²) in [4.78, 5) is 39.9. The highest BCUT2D eigenvalue weighted by atomic mass is 31.2. The lowest BCUT2D eigenvalue weighted by atomic mass is 10.5. The molecule has 1 aliphatic heterocycles. The Balaban J connectivity index is 2.91. The van der Waals surface area contributed by atoms with Crippen molar-refractivity contribution in [2.45, 2.75) is 12.7 Å².